The lowest BCUT2D eigenvalue weighted by Crippen LogP contribution is -2.22. The van der Waals surface area contributed by atoms with Crippen molar-refractivity contribution in [2.75, 3.05) is 5.84 Å². The molecule has 136 valence electrons. The van der Waals surface area contributed by atoms with Crippen molar-refractivity contribution in [1.82, 2.24) is 24.4 Å². The fourth-order valence-corrected chi connectivity index (χ4v) is 3.64. The number of benzene rings is 2. The van der Waals surface area contributed by atoms with Crippen LogP contribution in [-0.2, 0) is 12.8 Å². The van der Waals surface area contributed by atoms with Gasteiger partial charge >= 0.3 is 0 Å². The Balaban J connectivity index is 1.61. The van der Waals surface area contributed by atoms with Gasteiger partial charge in [-0.15, -0.1) is 10.2 Å². The summed E-state index contributed by atoms with van der Waals surface area (Å²) >= 11 is 1.39. The minimum Gasteiger partial charge on any atom is -0.335 e. The van der Waals surface area contributed by atoms with E-state index in [4.69, 9.17) is 5.84 Å². The Morgan fingerprint density at radius 1 is 1.07 bits per heavy atom. The van der Waals surface area contributed by atoms with E-state index in [-0.39, 0.29) is 5.56 Å². The summed E-state index contributed by atoms with van der Waals surface area (Å²) in [7, 11) is 1.72. The molecule has 0 fully saturated rings. The molecule has 2 N–H and O–H groups in total. The van der Waals surface area contributed by atoms with E-state index < -0.39 is 0 Å². The van der Waals surface area contributed by atoms with Gasteiger partial charge in [-0.1, -0.05) is 53.7 Å². The van der Waals surface area contributed by atoms with Crippen LogP contribution < -0.4 is 11.4 Å². The van der Waals surface area contributed by atoms with Crippen molar-refractivity contribution in [3.05, 3.63) is 70.3 Å². The van der Waals surface area contributed by atoms with Gasteiger partial charge in [-0.3, -0.25) is 9.36 Å². The summed E-state index contributed by atoms with van der Waals surface area (Å²) in [5, 5.41) is 9.55. The average Bonchev–Trinajstić information content (AvgIpc) is 3.05. The van der Waals surface area contributed by atoms with E-state index in [1.54, 1.807) is 17.7 Å². The van der Waals surface area contributed by atoms with Gasteiger partial charge in [0.25, 0.3) is 5.56 Å². The molecule has 0 amide bonds. The van der Waals surface area contributed by atoms with Crippen LogP contribution in [0.2, 0.25) is 0 Å². The average molecular weight is 378 g/mol. The second-order valence-electron chi connectivity index (χ2n) is 6.24. The van der Waals surface area contributed by atoms with Crippen LogP contribution in [0.25, 0.3) is 22.3 Å². The Bertz CT molecular complexity index is 1180. The number of fused-ring (bicyclic) bond motifs is 1. The zero-order chi connectivity index (χ0) is 19.0. The molecule has 2 heterocycles. The SMILES string of the molecule is Cc1ccc(-c2nnc(SCc3nc4ccccc4c(=O)n3C)n2N)cc1. The molecule has 8 heteroatoms. The first-order chi connectivity index (χ1) is 13.0. The van der Waals surface area contributed by atoms with Crippen molar-refractivity contribution in [2.45, 2.75) is 17.8 Å². The number of nitrogens with zero attached hydrogens (tertiary/aromatic N) is 5. The van der Waals surface area contributed by atoms with Crippen molar-refractivity contribution in [1.29, 1.82) is 0 Å². The molecule has 0 aliphatic rings. The van der Waals surface area contributed by atoms with Crippen molar-refractivity contribution in [2.24, 2.45) is 7.05 Å². The minimum atomic E-state index is -0.0641. The monoisotopic (exact) mass is 378 g/mol. The van der Waals surface area contributed by atoms with Crippen molar-refractivity contribution < 1.29 is 0 Å². The van der Waals surface area contributed by atoms with E-state index in [1.165, 1.54) is 22.0 Å². The summed E-state index contributed by atoms with van der Waals surface area (Å²) in [6, 6.07) is 15.3. The summed E-state index contributed by atoms with van der Waals surface area (Å²) in [5.41, 5.74) is 2.69. The van der Waals surface area contributed by atoms with Gasteiger partial charge in [0.1, 0.15) is 5.82 Å². The van der Waals surface area contributed by atoms with Crippen LogP contribution >= 0.6 is 11.8 Å². The Hall–Kier alpha value is -3.13. The minimum absolute atomic E-state index is 0.0641. The lowest BCUT2D eigenvalue weighted by atomic mass is 10.1. The van der Waals surface area contributed by atoms with E-state index in [1.807, 2.05) is 49.4 Å². The largest absolute Gasteiger partial charge is 0.335 e. The van der Waals surface area contributed by atoms with Gasteiger partial charge in [0.05, 0.1) is 16.7 Å². The number of nitrogens with two attached hydrogens (primary N) is 1. The van der Waals surface area contributed by atoms with Crippen LogP contribution in [-0.4, -0.2) is 24.4 Å². The zero-order valence-corrected chi connectivity index (χ0v) is 15.8. The first kappa shape index (κ1) is 17.3. The number of rotatable bonds is 4. The number of aryl methyl sites for hydroxylation is 1. The Morgan fingerprint density at radius 2 is 1.81 bits per heavy atom. The van der Waals surface area contributed by atoms with Gasteiger partial charge in [0.2, 0.25) is 5.16 Å². The number of thioether (sulfide) groups is 1. The van der Waals surface area contributed by atoms with Gasteiger partial charge in [-0.2, -0.15) is 0 Å². The summed E-state index contributed by atoms with van der Waals surface area (Å²) < 4.78 is 3.03. The number of nitrogen functional groups attached to an aromatic ring is 1. The molecular weight excluding hydrogens is 360 g/mol. The fraction of sp³-hybridized carbons (Fsp3) is 0.158. The third-order valence-corrected chi connectivity index (χ3v) is 5.32. The molecule has 2 aromatic heterocycles. The van der Waals surface area contributed by atoms with E-state index in [0.717, 1.165) is 5.56 Å². The third kappa shape index (κ3) is 3.19. The van der Waals surface area contributed by atoms with E-state index in [2.05, 4.69) is 15.2 Å². The Kier molecular flexibility index (Phi) is 4.41. The lowest BCUT2D eigenvalue weighted by Gasteiger charge is -2.09. The van der Waals surface area contributed by atoms with E-state index in [9.17, 15) is 4.79 Å². The second kappa shape index (κ2) is 6.88. The maximum Gasteiger partial charge on any atom is 0.261 e. The van der Waals surface area contributed by atoms with Gasteiger partial charge in [-0.05, 0) is 19.1 Å². The van der Waals surface area contributed by atoms with Crippen LogP contribution in [0.3, 0.4) is 0 Å². The zero-order valence-electron chi connectivity index (χ0n) is 15.0. The molecule has 4 aromatic rings. The molecule has 2 aromatic carbocycles. The van der Waals surface area contributed by atoms with Crippen LogP contribution in [0.4, 0.5) is 0 Å². The smallest absolute Gasteiger partial charge is 0.261 e. The van der Waals surface area contributed by atoms with Gasteiger partial charge in [0, 0.05) is 12.6 Å². The summed E-state index contributed by atoms with van der Waals surface area (Å²) in [4.78, 5) is 17.1. The molecule has 0 unspecified atom stereocenters. The fourth-order valence-electron chi connectivity index (χ4n) is 2.80. The number of aromatic nitrogens is 5. The van der Waals surface area contributed by atoms with Crippen LogP contribution in [0.1, 0.15) is 11.4 Å². The number of hydrogen-bond acceptors (Lipinski definition) is 6. The first-order valence-corrected chi connectivity index (χ1v) is 9.38. The molecule has 0 bridgehead atoms. The molecule has 0 saturated carbocycles. The molecule has 0 aliphatic heterocycles. The highest BCUT2D eigenvalue weighted by molar-refractivity contribution is 7.98. The maximum absolute atomic E-state index is 12.5. The molecule has 0 atom stereocenters. The molecule has 4 rings (SSSR count). The van der Waals surface area contributed by atoms with E-state index >= 15 is 0 Å². The molecule has 27 heavy (non-hydrogen) atoms. The maximum atomic E-state index is 12.5. The molecule has 0 aliphatic carbocycles. The molecule has 0 radical (unpaired) electrons. The molecular formula is C19H18N6OS. The third-order valence-electron chi connectivity index (χ3n) is 4.38. The van der Waals surface area contributed by atoms with Gasteiger partial charge < -0.3 is 5.84 Å². The number of para-hydroxylation sites is 1. The highest BCUT2D eigenvalue weighted by atomic mass is 32.2. The molecule has 0 saturated heterocycles. The highest BCUT2D eigenvalue weighted by Crippen LogP contribution is 2.24. The van der Waals surface area contributed by atoms with Gasteiger partial charge in [-0.25, -0.2) is 9.66 Å². The standard InChI is InChI=1S/C19H18N6OS/c1-12-7-9-13(10-8-12)17-22-23-19(25(17)20)27-11-16-21-15-6-4-3-5-14(15)18(26)24(16)2/h3-10H,11,20H2,1-2H3. The predicted octanol–water partition coefficient (Wildman–Crippen LogP) is 2.51. The van der Waals surface area contributed by atoms with Crippen LogP contribution in [0, 0.1) is 6.92 Å². The normalized spacial score (nSPS) is 11.2. The Morgan fingerprint density at radius 3 is 2.59 bits per heavy atom. The van der Waals surface area contributed by atoms with Crippen molar-refractivity contribution in [3.8, 4) is 11.4 Å². The molecule has 0 spiro atoms. The van der Waals surface area contributed by atoms with Crippen molar-refractivity contribution in [3.63, 3.8) is 0 Å². The summed E-state index contributed by atoms with van der Waals surface area (Å²) in [6.45, 7) is 2.03. The lowest BCUT2D eigenvalue weighted by molar-refractivity contribution is 0.781. The Labute approximate surface area is 159 Å². The van der Waals surface area contributed by atoms with Crippen LogP contribution in [0.15, 0.2) is 58.5 Å². The van der Waals surface area contributed by atoms with Gasteiger partial charge in [0.15, 0.2) is 5.82 Å². The van der Waals surface area contributed by atoms with Crippen molar-refractivity contribution >= 4 is 22.7 Å². The molecule has 7 nitrogen and oxygen atoms in total. The number of hydrogen-bond donors (Lipinski definition) is 1. The summed E-state index contributed by atoms with van der Waals surface area (Å²) in [6.07, 6.45) is 0. The predicted molar refractivity (Wildman–Crippen MR) is 107 cm³/mol. The topological polar surface area (TPSA) is 91.6 Å². The summed E-state index contributed by atoms with van der Waals surface area (Å²) in [5.74, 6) is 7.89. The first-order valence-electron chi connectivity index (χ1n) is 8.39. The highest BCUT2D eigenvalue weighted by Gasteiger charge is 2.14. The quantitative estimate of drug-likeness (QED) is 0.433. The van der Waals surface area contributed by atoms with E-state index in [0.29, 0.717) is 33.5 Å². The van der Waals surface area contributed by atoms with Crippen LogP contribution in [0.5, 0.6) is 0 Å². The second-order valence-corrected chi connectivity index (χ2v) is 7.18.